The molecule has 1 aromatic carbocycles. The number of para-hydroxylation sites is 1. The number of aliphatic hydroxyl groups is 1. The summed E-state index contributed by atoms with van der Waals surface area (Å²) in [6.07, 6.45) is -4.39. The third kappa shape index (κ3) is 3.38. The first kappa shape index (κ1) is 18.2. The summed E-state index contributed by atoms with van der Waals surface area (Å²) in [5, 5.41) is 11.2. The Hall–Kier alpha value is -2.58. The van der Waals surface area contributed by atoms with Crippen LogP contribution in [-0.2, 0) is 9.47 Å². The first-order valence-corrected chi connectivity index (χ1v) is 8.20. The summed E-state index contributed by atoms with van der Waals surface area (Å²) in [6, 6.07) is 7.97. The van der Waals surface area contributed by atoms with Gasteiger partial charge < -0.3 is 29.5 Å². The molecular formula is C18H21NO7. The van der Waals surface area contributed by atoms with E-state index in [2.05, 4.69) is 0 Å². The fourth-order valence-electron chi connectivity index (χ4n) is 2.96. The fourth-order valence-corrected chi connectivity index (χ4v) is 2.96. The summed E-state index contributed by atoms with van der Waals surface area (Å²) >= 11 is 0. The molecule has 1 aromatic heterocycles. The van der Waals surface area contributed by atoms with Gasteiger partial charge in [0.2, 0.25) is 6.29 Å². The normalized spacial score (nSPS) is 27.8. The van der Waals surface area contributed by atoms with Gasteiger partial charge in [-0.2, -0.15) is 0 Å². The molecule has 1 aliphatic rings. The lowest BCUT2D eigenvalue weighted by Gasteiger charge is -2.46. The molecule has 0 aliphatic carbocycles. The zero-order valence-electron chi connectivity index (χ0n) is 14.7. The van der Waals surface area contributed by atoms with Gasteiger partial charge in [-0.15, -0.1) is 0 Å². The van der Waals surface area contributed by atoms with Crippen LogP contribution in [0.1, 0.15) is 20.8 Å². The Morgan fingerprint density at radius 3 is 2.69 bits per heavy atom. The van der Waals surface area contributed by atoms with Crippen molar-refractivity contribution in [3.8, 4) is 5.75 Å². The number of ether oxygens (including phenoxy) is 3. The molecule has 1 amide bonds. The average Bonchev–Trinajstić information content (AvgIpc) is 2.57. The summed E-state index contributed by atoms with van der Waals surface area (Å²) in [7, 11) is 0. The number of primary amides is 1. The van der Waals surface area contributed by atoms with E-state index in [0.717, 1.165) is 0 Å². The van der Waals surface area contributed by atoms with Gasteiger partial charge in [0.25, 0.3) is 0 Å². The number of hydrogen-bond donors (Lipinski definition) is 2. The molecule has 3 N–H and O–H groups in total. The van der Waals surface area contributed by atoms with Crippen LogP contribution in [0.15, 0.2) is 39.5 Å². The van der Waals surface area contributed by atoms with E-state index in [9.17, 15) is 14.7 Å². The average molecular weight is 363 g/mol. The van der Waals surface area contributed by atoms with Gasteiger partial charge in [-0.3, -0.25) is 0 Å². The number of rotatable bonds is 3. The Balaban J connectivity index is 1.99. The molecule has 8 nitrogen and oxygen atoms in total. The molecule has 0 bridgehead atoms. The van der Waals surface area contributed by atoms with E-state index in [1.165, 1.54) is 6.07 Å². The Morgan fingerprint density at radius 1 is 1.27 bits per heavy atom. The van der Waals surface area contributed by atoms with Crippen molar-refractivity contribution >= 4 is 17.1 Å². The smallest absolute Gasteiger partial charge is 0.405 e. The van der Waals surface area contributed by atoms with Crippen LogP contribution in [0.4, 0.5) is 4.79 Å². The highest BCUT2D eigenvalue weighted by molar-refractivity contribution is 5.82. The van der Waals surface area contributed by atoms with Crippen molar-refractivity contribution in [3.05, 3.63) is 40.8 Å². The quantitative estimate of drug-likeness (QED) is 0.797. The summed E-state index contributed by atoms with van der Waals surface area (Å²) in [6.45, 7) is 5.36. The van der Waals surface area contributed by atoms with E-state index in [1.807, 2.05) is 0 Å². The lowest BCUT2D eigenvalue weighted by atomic mass is 9.82. The standard InChI is InChI=1S/C18H21NO7/c1-9-13(21)15(25-17(19)22)16(26-18(9,2)3)23-11-6-4-5-10-7-8-12(20)24-14(10)11/h4-9,13,15-16,21H,1-3H3,(H2,19,22)/t9-,13-,15+,16?/m1/s1. The minimum Gasteiger partial charge on any atom is -0.457 e. The first-order valence-electron chi connectivity index (χ1n) is 8.20. The summed E-state index contributed by atoms with van der Waals surface area (Å²) in [4.78, 5) is 22.8. The van der Waals surface area contributed by atoms with Crippen LogP contribution >= 0.6 is 0 Å². The highest BCUT2D eigenvalue weighted by atomic mass is 16.7. The molecule has 0 radical (unpaired) electrons. The minimum absolute atomic E-state index is 0.223. The Morgan fingerprint density at radius 2 is 2.00 bits per heavy atom. The van der Waals surface area contributed by atoms with E-state index >= 15 is 0 Å². The molecule has 4 atom stereocenters. The Kier molecular flexibility index (Phi) is 4.64. The van der Waals surface area contributed by atoms with E-state index in [1.54, 1.807) is 45.0 Å². The predicted octanol–water partition coefficient (Wildman–Crippen LogP) is 1.77. The molecule has 2 heterocycles. The van der Waals surface area contributed by atoms with Crippen LogP contribution in [0, 0.1) is 5.92 Å². The van der Waals surface area contributed by atoms with Crippen molar-refractivity contribution in [1.29, 1.82) is 0 Å². The summed E-state index contributed by atoms with van der Waals surface area (Å²) in [5.41, 5.74) is 4.06. The van der Waals surface area contributed by atoms with Crippen molar-refractivity contribution in [1.82, 2.24) is 0 Å². The molecule has 1 aliphatic heterocycles. The second-order valence-corrected chi connectivity index (χ2v) is 6.82. The van der Waals surface area contributed by atoms with Gasteiger partial charge in [-0.1, -0.05) is 19.1 Å². The van der Waals surface area contributed by atoms with Crippen LogP contribution in [0.3, 0.4) is 0 Å². The molecular weight excluding hydrogens is 342 g/mol. The van der Waals surface area contributed by atoms with Crippen LogP contribution in [0.5, 0.6) is 5.75 Å². The molecule has 8 heteroatoms. The highest BCUT2D eigenvalue weighted by Gasteiger charge is 2.50. The summed E-state index contributed by atoms with van der Waals surface area (Å²) in [5.74, 6) is -0.127. The van der Waals surface area contributed by atoms with E-state index in [-0.39, 0.29) is 17.3 Å². The van der Waals surface area contributed by atoms with Crippen molar-refractivity contribution in [2.24, 2.45) is 11.7 Å². The highest BCUT2D eigenvalue weighted by Crippen LogP contribution is 2.37. The van der Waals surface area contributed by atoms with Crippen molar-refractivity contribution in [2.45, 2.75) is 44.9 Å². The number of amides is 1. The number of nitrogens with two attached hydrogens (primary N) is 1. The maximum atomic E-state index is 11.6. The molecule has 140 valence electrons. The Labute approximate surface area is 149 Å². The molecule has 0 spiro atoms. The number of benzene rings is 1. The largest absolute Gasteiger partial charge is 0.457 e. The summed E-state index contributed by atoms with van der Waals surface area (Å²) < 4.78 is 22.0. The maximum absolute atomic E-state index is 11.6. The van der Waals surface area contributed by atoms with Gasteiger partial charge in [0.15, 0.2) is 17.4 Å². The number of carbonyl (C=O) groups is 1. The molecule has 26 heavy (non-hydrogen) atoms. The topological polar surface area (TPSA) is 121 Å². The number of carbonyl (C=O) groups excluding carboxylic acids is 1. The van der Waals surface area contributed by atoms with E-state index in [4.69, 9.17) is 24.4 Å². The zero-order valence-corrected chi connectivity index (χ0v) is 14.7. The monoisotopic (exact) mass is 363 g/mol. The van der Waals surface area contributed by atoms with Gasteiger partial charge in [0.05, 0.1) is 5.60 Å². The molecule has 1 saturated heterocycles. The fraction of sp³-hybridized carbons (Fsp3) is 0.444. The van der Waals surface area contributed by atoms with Crippen LogP contribution in [-0.4, -0.2) is 35.3 Å². The second kappa shape index (κ2) is 6.62. The van der Waals surface area contributed by atoms with Gasteiger partial charge >= 0.3 is 11.7 Å². The van der Waals surface area contributed by atoms with Crippen molar-refractivity contribution in [2.75, 3.05) is 0 Å². The van der Waals surface area contributed by atoms with Crippen LogP contribution in [0.2, 0.25) is 0 Å². The maximum Gasteiger partial charge on any atom is 0.405 e. The number of aliphatic hydroxyl groups excluding tert-OH is 1. The minimum atomic E-state index is -1.14. The van der Waals surface area contributed by atoms with Crippen LogP contribution in [0.25, 0.3) is 11.0 Å². The number of hydrogen-bond acceptors (Lipinski definition) is 7. The molecule has 1 unspecified atom stereocenters. The molecule has 2 aromatic rings. The molecule has 0 saturated carbocycles. The van der Waals surface area contributed by atoms with Gasteiger partial charge in [0.1, 0.15) is 6.10 Å². The first-order chi connectivity index (χ1) is 12.2. The van der Waals surface area contributed by atoms with Gasteiger partial charge in [-0.25, -0.2) is 9.59 Å². The van der Waals surface area contributed by atoms with Crippen molar-refractivity contribution in [3.63, 3.8) is 0 Å². The molecule has 3 rings (SSSR count). The number of fused-ring (bicyclic) bond motifs is 1. The Bertz CT molecular complexity index is 875. The SMILES string of the molecule is C[C@@H]1[C@@H](O)[C@H](OC(N)=O)C(Oc2cccc3ccc(=O)oc23)OC1(C)C. The van der Waals surface area contributed by atoms with Gasteiger partial charge in [0, 0.05) is 17.4 Å². The van der Waals surface area contributed by atoms with E-state index < -0.39 is 35.8 Å². The van der Waals surface area contributed by atoms with Crippen molar-refractivity contribution < 1.29 is 28.5 Å². The third-order valence-corrected chi connectivity index (χ3v) is 4.74. The zero-order chi connectivity index (χ0) is 19.1. The predicted molar refractivity (Wildman–Crippen MR) is 91.7 cm³/mol. The third-order valence-electron chi connectivity index (χ3n) is 4.74. The lowest BCUT2D eigenvalue weighted by Crippen LogP contribution is -2.61. The van der Waals surface area contributed by atoms with E-state index in [0.29, 0.717) is 5.39 Å². The second-order valence-electron chi connectivity index (χ2n) is 6.82. The lowest BCUT2D eigenvalue weighted by molar-refractivity contribution is -0.283. The van der Waals surface area contributed by atoms with Crippen LogP contribution < -0.4 is 16.1 Å². The van der Waals surface area contributed by atoms with Gasteiger partial charge in [-0.05, 0) is 26.0 Å². The molecule has 1 fully saturated rings.